The van der Waals surface area contributed by atoms with Crippen LogP contribution < -0.4 is 10.0 Å². The third kappa shape index (κ3) is 5.14. The summed E-state index contributed by atoms with van der Waals surface area (Å²) in [6.45, 7) is 12.3. The molecule has 1 heterocycles. The lowest BCUT2D eigenvalue weighted by Crippen LogP contribution is -2.46. The van der Waals surface area contributed by atoms with Crippen LogP contribution in [0.2, 0.25) is 0 Å². The number of aromatic nitrogens is 1. The Morgan fingerprint density at radius 1 is 1.32 bits per heavy atom. The van der Waals surface area contributed by atoms with Gasteiger partial charge in [0.05, 0.1) is 5.69 Å². The van der Waals surface area contributed by atoms with Gasteiger partial charge in [-0.25, -0.2) is 13.9 Å². The fourth-order valence-corrected chi connectivity index (χ4v) is 3.37. The number of thiazole rings is 1. The molecule has 1 unspecified atom stereocenters. The SMILES string of the molecule is CCCCNS(=O)C(C)(C)C(=O)Nc1nc(C(C)(C)C)cs1. The van der Waals surface area contributed by atoms with Crippen molar-refractivity contribution in [1.82, 2.24) is 9.71 Å². The molecule has 22 heavy (non-hydrogen) atoms. The minimum atomic E-state index is -1.43. The van der Waals surface area contributed by atoms with Crippen LogP contribution in [0.1, 0.15) is 60.1 Å². The van der Waals surface area contributed by atoms with Gasteiger partial charge in [0.15, 0.2) is 5.13 Å². The number of carbonyl (C=O) groups excluding carboxylic acids is 1. The molecule has 2 N–H and O–H groups in total. The molecule has 0 aromatic carbocycles. The van der Waals surface area contributed by atoms with Crippen molar-refractivity contribution in [2.24, 2.45) is 0 Å². The van der Waals surface area contributed by atoms with Gasteiger partial charge < -0.3 is 5.32 Å². The van der Waals surface area contributed by atoms with Crippen molar-refractivity contribution in [1.29, 1.82) is 0 Å². The molecule has 0 radical (unpaired) electrons. The van der Waals surface area contributed by atoms with E-state index in [-0.39, 0.29) is 11.3 Å². The first-order valence-electron chi connectivity index (χ1n) is 7.52. The van der Waals surface area contributed by atoms with Gasteiger partial charge in [-0.1, -0.05) is 34.1 Å². The Morgan fingerprint density at radius 3 is 2.45 bits per heavy atom. The van der Waals surface area contributed by atoms with E-state index in [1.807, 2.05) is 5.38 Å². The Hall–Kier alpha value is -0.790. The van der Waals surface area contributed by atoms with E-state index in [0.29, 0.717) is 11.7 Å². The largest absolute Gasteiger partial charge is 0.301 e. The summed E-state index contributed by atoms with van der Waals surface area (Å²) in [5.74, 6) is -0.287. The van der Waals surface area contributed by atoms with Crippen molar-refractivity contribution in [3.05, 3.63) is 11.1 Å². The molecule has 5 nitrogen and oxygen atoms in total. The van der Waals surface area contributed by atoms with Crippen LogP contribution in [0, 0.1) is 0 Å². The molecular formula is C15H27N3O2S2. The fourth-order valence-electron chi connectivity index (χ4n) is 1.53. The summed E-state index contributed by atoms with van der Waals surface area (Å²) in [6, 6.07) is 0. The lowest BCUT2D eigenvalue weighted by Gasteiger charge is -2.22. The van der Waals surface area contributed by atoms with Gasteiger partial charge in [0.25, 0.3) is 0 Å². The molecule has 0 aliphatic carbocycles. The Morgan fingerprint density at radius 2 is 1.95 bits per heavy atom. The van der Waals surface area contributed by atoms with Crippen molar-refractivity contribution in [2.45, 2.75) is 64.5 Å². The van der Waals surface area contributed by atoms with Crippen LogP contribution in [0.5, 0.6) is 0 Å². The summed E-state index contributed by atoms with van der Waals surface area (Å²) in [5, 5.41) is 5.27. The molecule has 0 aliphatic heterocycles. The molecule has 1 atom stereocenters. The molecule has 0 saturated carbocycles. The number of amides is 1. The average molecular weight is 346 g/mol. The van der Waals surface area contributed by atoms with Crippen molar-refractivity contribution in [3.8, 4) is 0 Å². The van der Waals surface area contributed by atoms with Crippen LogP contribution in [-0.2, 0) is 21.2 Å². The first kappa shape index (κ1) is 19.3. The minimum absolute atomic E-state index is 0.0560. The number of nitrogens with one attached hydrogen (secondary N) is 2. The predicted octanol–water partition coefficient (Wildman–Crippen LogP) is 3.21. The second kappa shape index (κ2) is 7.66. The molecule has 0 aliphatic rings. The molecule has 1 aromatic rings. The first-order valence-corrected chi connectivity index (χ1v) is 9.54. The molecule has 0 saturated heterocycles. The molecule has 126 valence electrons. The van der Waals surface area contributed by atoms with Crippen LogP contribution in [0.25, 0.3) is 0 Å². The van der Waals surface area contributed by atoms with Gasteiger partial charge in [-0.05, 0) is 20.3 Å². The zero-order chi connectivity index (χ0) is 17.0. The summed E-state index contributed by atoms with van der Waals surface area (Å²) in [4.78, 5) is 16.8. The van der Waals surface area contributed by atoms with E-state index in [2.05, 4.69) is 42.7 Å². The monoisotopic (exact) mass is 345 g/mol. The average Bonchev–Trinajstić information content (AvgIpc) is 2.87. The maximum atomic E-state index is 12.4. The van der Waals surface area contributed by atoms with Crippen LogP contribution >= 0.6 is 11.3 Å². The highest BCUT2D eigenvalue weighted by Crippen LogP contribution is 2.27. The third-order valence-electron chi connectivity index (χ3n) is 3.27. The molecule has 0 bridgehead atoms. The Bertz CT molecular complexity index is 533. The number of hydrogen-bond donors (Lipinski definition) is 2. The van der Waals surface area contributed by atoms with Gasteiger partial charge in [0.2, 0.25) is 5.91 Å². The number of hydrogen-bond acceptors (Lipinski definition) is 4. The van der Waals surface area contributed by atoms with Gasteiger partial charge >= 0.3 is 0 Å². The highest BCUT2D eigenvalue weighted by Gasteiger charge is 2.35. The topological polar surface area (TPSA) is 71.1 Å². The summed E-state index contributed by atoms with van der Waals surface area (Å²) in [7, 11) is -1.43. The Labute approximate surface area is 139 Å². The number of unbranched alkanes of at least 4 members (excludes halogenated alkanes) is 1. The standard InChI is InChI=1S/C15H27N3O2S2/c1-7-8-9-16-22(20)15(5,6)12(19)18-13-17-11(10-21-13)14(2,3)4/h10,16H,7-9H2,1-6H3,(H,17,18,19). The fraction of sp³-hybridized carbons (Fsp3) is 0.733. The van der Waals surface area contributed by atoms with Gasteiger partial charge in [-0.3, -0.25) is 4.79 Å². The second-order valence-corrected chi connectivity index (χ2v) is 9.47. The second-order valence-electron chi connectivity index (χ2n) is 6.77. The van der Waals surface area contributed by atoms with E-state index in [1.165, 1.54) is 11.3 Å². The van der Waals surface area contributed by atoms with Crippen LogP contribution in [0.3, 0.4) is 0 Å². The number of nitrogens with zero attached hydrogens (tertiary/aromatic N) is 1. The van der Waals surface area contributed by atoms with Gasteiger partial charge in [-0.2, -0.15) is 0 Å². The molecule has 0 fully saturated rings. The molecule has 1 rings (SSSR count). The van der Waals surface area contributed by atoms with Crippen LogP contribution in [0.15, 0.2) is 5.38 Å². The normalized spacial score (nSPS) is 13.9. The molecule has 1 amide bonds. The van der Waals surface area contributed by atoms with Crippen molar-refractivity contribution < 1.29 is 9.00 Å². The summed E-state index contributed by atoms with van der Waals surface area (Å²) < 4.78 is 14.2. The summed E-state index contributed by atoms with van der Waals surface area (Å²) in [6.07, 6.45) is 1.95. The van der Waals surface area contributed by atoms with E-state index in [1.54, 1.807) is 13.8 Å². The Kier molecular flexibility index (Phi) is 6.70. The smallest absolute Gasteiger partial charge is 0.245 e. The highest BCUT2D eigenvalue weighted by molar-refractivity contribution is 7.85. The zero-order valence-electron chi connectivity index (χ0n) is 14.3. The predicted molar refractivity (Wildman–Crippen MR) is 94.6 cm³/mol. The maximum Gasteiger partial charge on any atom is 0.245 e. The van der Waals surface area contributed by atoms with Gasteiger partial charge in [-0.15, -0.1) is 11.3 Å². The van der Waals surface area contributed by atoms with Crippen LogP contribution in [-0.4, -0.2) is 26.4 Å². The number of rotatable bonds is 7. The zero-order valence-corrected chi connectivity index (χ0v) is 15.9. The van der Waals surface area contributed by atoms with E-state index < -0.39 is 15.7 Å². The van der Waals surface area contributed by atoms with E-state index in [9.17, 15) is 9.00 Å². The van der Waals surface area contributed by atoms with E-state index in [4.69, 9.17) is 0 Å². The molecular weight excluding hydrogens is 318 g/mol. The van der Waals surface area contributed by atoms with Crippen molar-refractivity contribution in [3.63, 3.8) is 0 Å². The molecule has 1 aromatic heterocycles. The third-order valence-corrected chi connectivity index (χ3v) is 5.60. The minimum Gasteiger partial charge on any atom is -0.301 e. The van der Waals surface area contributed by atoms with Gasteiger partial charge in [0, 0.05) is 17.3 Å². The lowest BCUT2D eigenvalue weighted by molar-refractivity contribution is -0.117. The van der Waals surface area contributed by atoms with E-state index >= 15 is 0 Å². The summed E-state index contributed by atoms with van der Waals surface area (Å²) in [5.41, 5.74) is 0.882. The van der Waals surface area contributed by atoms with Crippen molar-refractivity contribution in [2.75, 3.05) is 11.9 Å². The molecule has 7 heteroatoms. The van der Waals surface area contributed by atoms with E-state index in [0.717, 1.165) is 18.5 Å². The number of carbonyl (C=O) groups is 1. The Balaban J connectivity index is 2.70. The van der Waals surface area contributed by atoms with Crippen LogP contribution in [0.4, 0.5) is 5.13 Å². The quantitative estimate of drug-likeness (QED) is 0.745. The highest BCUT2D eigenvalue weighted by atomic mass is 32.2. The first-order chi connectivity index (χ1) is 10.1. The lowest BCUT2D eigenvalue weighted by atomic mass is 9.93. The number of anilines is 1. The van der Waals surface area contributed by atoms with Crippen molar-refractivity contribution >= 4 is 33.4 Å². The van der Waals surface area contributed by atoms with Gasteiger partial charge in [0.1, 0.15) is 15.7 Å². The molecule has 0 spiro atoms. The summed E-state index contributed by atoms with van der Waals surface area (Å²) >= 11 is 1.39. The maximum absolute atomic E-state index is 12.4.